The van der Waals surface area contributed by atoms with Crippen molar-refractivity contribution in [2.24, 2.45) is 5.73 Å². The monoisotopic (exact) mass is 403 g/mol. The van der Waals surface area contributed by atoms with E-state index < -0.39 is 6.29 Å². The zero-order valence-corrected chi connectivity index (χ0v) is 18.7. The highest BCUT2D eigenvalue weighted by molar-refractivity contribution is 4.94. The second-order valence-electron chi connectivity index (χ2n) is 7.65. The number of hydrogen-bond acceptors (Lipinski definition) is 6. The van der Waals surface area contributed by atoms with Crippen molar-refractivity contribution in [3.63, 3.8) is 0 Å². The summed E-state index contributed by atoms with van der Waals surface area (Å²) in [5, 5.41) is 0. The van der Waals surface area contributed by atoms with Crippen LogP contribution in [-0.4, -0.2) is 63.7 Å². The Balaban J connectivity index is 2.82. The molecule has 1 aliphatic rings. The van der Waals surface area contributed by atoms with E-state index in [1.165, 1.54) is 0 Å². The standard InChI is InChI=1S/C22H45NO5/c1-5-9-13-24-17-18-20(25-14-10-6-2)21(26-15-11-7-3)19(23)22(28-18)27-16-12-8-4/h18-22H,5-17,23H2,1-4H3/t18?,19?,20-,21?,22?/m0/s1. The van der Waals surface area contributed by atoms with Gasteiger partial charge < -0.3 is 29.4 Å². The van der Waals surface area contributed by atoms with Crippen LogP contribution < -0.4 is 5.73 Å². The molecule has 0 spiro atoms. The maximum absolute atomic E-state index is 6.53. The third-order valence-electron chi connectivity index (χ3n) is 5.01. The Morgan fingerprint density at radius 3 is 1.75 bits per heavy atom. The van der Waals surface area contributed by atoms with Crippen LogP contribution in [0.15, 0.2) is 0 Å². The summed E-state index contributed by atoms with van der Waals surface area (Å²) in [7, 11) is 0. The van der Waals surface area contributed by atoms with Crippen LogP contribution in [0.2, 0.25) is 0 Å². The fourth-order valence-electron chi connectivity index (χ4n) is 3.14. The molecular formula is C22H45NO5. The molecule has 28 heavy (non-hydrogen) atoms. The minimum absolute atomic E-state index is 0.230. The van der Waals surface area contributed by atoms with Crippen LogP contribution in [0.25, 0.3) is 0 Å². The van der Waals surface area contributed by atoms with Crippen molar-refractivity contribution < 1.29 is 23.7 Å². The molecule has 1 aliphatic heterocycles. The summed E-state index contributed by atoms with van der Waals surface area (Å²) in [5.74, 6) is 0. The topological polar surface area (TPSA) is 72.2 Å². The SMILES string of the molecule is CCCCOCC1OC(OCCCC)C(N)C(OCCCC)[C@H]1OCCCC. The molecule has 6 nitrogen and oxygen atoms in total. The lowest BCUT2D eigenvalue weighted by atomic mass is 9.97. The van der Waals surface area contributed by atoms with E-state index in [1.807, 2.05) is 0 Å². The summed E-state index contributed by atoms with van der Waals surface area (Å²) >= 11 is 0. The first-order valence-corrected chi connectivity index (χ1v) is 11.5. The van der Waals surface area contributed by atoms with E-state index >= 15 is 0 Å². The van der Waals surface area contributed by atoms with Gasteiger partial charge in [-0.25, -0.2) is 0 Å². The smallest absolute Gasteiger partial charge is 0.175 e. The second kappa shape index (κ2) is 16.5. The molecule has 0 saturated carbocycles. The van der Waals surface area contributed by atoms with Crippen molar-refractivity contribution in [2.45, 2.75) is 110 Å². The molecule has 0 radical (unpaired) electrons. The van der Waals surface area contributed by atoms with Gasteiger partial charge in [0.1, 0.15) is 18.3 Å². The van der Waals surface area contributed by atoms with Crippen molar-refractivity contribution in [2.75, 3.05) is 33.0 Å². The molecule has 1 fully saturated rings. The molecule has 168 valence electrons. The molecule has 1 rings (SSSR count). The molecular weight excluding hydrogens is 358 g/mol. The third-order valence-corrected chi connectivity index (χ3v) is 5.01. The molecule has 0 aromatic heterocycles. The Morgan fingerprint density at radius 2 is 1.18 bits per heavy atom. The van der Waals surface area contributed by atoms with Crippen LogP contribution in [0, 0.1) is 0 Å². The summed E-state index contributed by atoms with van der Waals surface area (Å²) in [6, 6.07) is -0.368. The molecule has 0 aliphatic carbocycles. The maximum atomic E-state index is 6.53. The highest BCUT2D eigenvalue weighted by atomic mass is 16.7. The van der Waals surface area contributed by atoms with Gasteiger partial charge in [-0.05, 0) is 25.7 Å². The van der Waals surface area contributed by atoms with Gasteiger partial charge >= 0.3 is 0 Å². The molecule has 1 heterocycles. The van der Waals surface area contributed by atoms with Crippen LogP contribution >= 0.6 is 0 Å². The van der Waals surface area contributed by atoms with Gasteiger partial charge in [-0.1, -0.05) is 53.4 Å². The molecule has 6 heteroatoms. The van der Waals surface area contributed by atoms with Crippen LogP contribution in [0.1, 0.15) is 79.1 Å². The van der Waals surface area contributed by atoms with E-state index in [1.54, 1.807) is 0 Å². The summed E-state index contributed by atoms with van der Waals surface area (Å²) in [4.78, 5) is 0. The van der Waals surface area contributed by atoms with Gasteiger partial charge in [0.15, 0.2) is 6.29 Å². The molecule has 0 amide bonds. The predicted octanol–water partition coefficient (Wildman–Crippen LogP) is 4.04. The number of nitrogens with two attached hydrogens (primary N) is 1. The normalized spacial score (nSPS) is 28.0. The van der Waals surface area contributed by atoms with Gasteiger partial charge in [0.2, 0.25) is 0 Å². The van der Waals surface area contributed by atoms with E-state index in [9.17, 15) is 0 Å². The Bertz CT molecular complexity index is 348. The van der Waals surface area contributed by atoms with Gasteiger partial charge in [0.25, 0.3) is 0 Å². The first-order valence-electron chi connectivity index (χ1n) is 11.5. The first-order chi connectivity index (χ1) is 13.7. The van der Waals surface area contributed by atoms with Crippen LogP contribution in [0.3, 0.4) is 0 Å². The average molecular weight is 404 g/mol. The molecule has 5 atom stereocenters. The summed E-state index contributed by atoms with van der Waals surface area (Å²) < 4.78 is 30.5. The van der Waals surface area contributed by atoms with E-state index in [2.05, 4.69) is 27.7 Å². The molecule has 0 bridgehead atoms. The lowest BCUT2D eigenvalue weighted by Crippen LogP contribution is -2.64. The lowest BCUT2D eigenvalue weighted by Gasteiger charge is -2.45. The van der Waals surface area contributed by atoms with E-state index in [0.29, 0.717) is 26.4 Å². The second-order valence-corrected chi connectivity index (χ2v) is 7.65. The van der Waals surface area contributed by atoms with E-state index in [-0.39, 0.29) is 24.4 Å². The minimum atomic E-state index is -0.482. The summed E-state index contributed by atoms with van der Waals surface area (Å²) in [6.07, 6.45) is 7.20. The number of hydrogen-bond donors (Lipinski definition) is 1. The van der Waals surface area contributed by atoms with Crippen LogP contribution in [0.4, 0.5) is 0 Å². The fourth-order valence-corrected chi connectivity index (χ4v) is 3.14. The zero-order chi connectivity index (χ0) is 20.6. The van der Waals surface area contributed by atoms with Gasteiger partial charge in [-0.3, -0.25) is 0 Å². The Morgan fingerprint density at radius 1 is 0.679 bits per heavy atom. The van der Waals surface area contributed by atoms with Gasteiger partial charge in [-0.2, -0.15) is 0 Å². The van der Waals surface area contributed by atoms with Crippen molar-refractivity contribution in [1.29, 1.82) is 0 Å². The highest BCUT2D eigenvalue weighted by Gasteiger charge is 2.46. The summed E-state index contributed by atoms with van der Waals surface area (Å²) in [6.45, 7) is 11.8. The number of rotatable bonds is 17. The minimum Gasteiger partial charge on any atom is -0.379 e. The van der Waals surface area contributed by atoms with Crippen molar-refractivity contribution >= 4 is 0 Å². The Hall–Kier alpha value is -0.240. The molecule has 4 unspecified atom stereocenters. The highest BCUT2D eigenvalue weighted by Crippen LogP contribution is 2.27. The van der Waals surface area contributed by atoms with Gasteiger partial charge in [0.05, 0.1) is 12.6 Å². The van der Waals surface area contributed by atoms with E-state index in [0.717, 1.165) is 58.0 Å². The quantitative estimate of drug-likeness (QED) is 0.370. The van der Waals surface area contributed by atoms with Gasteiger partial charge in [-0.15, -0.1) is 0 Å². The third kappa shape index (κ3) is 9.51. The van der Waals surface area contributed by atoms with Crippen molar-refractivity contribution in [3.05, 3.63) is 0 Å². The molecule has 1 saturated heterocycles. The number of unbranched alkanes of at least 4 members (excludes halogenated alkanes) is 4. The maximum Gasteiger partial charge on any atom is 0.175 e. The fraction of sp³-hybridized carbons (Fsp3) is 1.00. The first kappa shape index (κ1) is 25.8. The van der Waals surface area contributed by atoms with Crippen molar-refractivity contribution in [3.8, 4) is 0 Å². The molecule has 0 aromatic rings. The average Bonchev–Trinajstić information content (AvgIpc) is 2.70. The Kier molecular flexibility index (Phi) is 15.2. The van der Waals surface area contributed by atoms with Crippen molar-refractivity contribution in [1.82, 2.24) is 0 Å². The van der Waals surface area contributed by atoms with Crippen LogP contribution in [-0.2, 0) is 23.7 Å². The predicted molar refractivity (Wildman–Crippen MR) is 113 cm³/mol. The molecule has 0 aromatic carbocycles. The van der Waals surface area contributed by atoms with Gasteiger partial charge in [0, 0.05) is 26.4 Å². The molecule has 2 N–H and O–H groups in total. The largest absolute Gasteiger partial charge is 0.379 e. The van der Waals surface area contributed by atoms with E-state index in [4.69, 9.17) is 29.4 Å². The Labute approximate surface area is 172 Å². The van der Waals surface area contributed by atoms with Crippen LogP contribution in [0.5, 0.6) is 0 Å². The lowest BCUT2D eigenvalue weighted by molar-refractivity contribution is -0.283. The zero-order valence-electron chi connectivity index (χ0n) is 18.7. The number of ether oxygens (including phenoxy) is 5. The summed E-state index contributed by atoms with van der Waals surface area (Å²) in [5.41, 5.74) is 6.53.